The number of carbonyl (C=O) groups is 2. The molecule has 6 nitrogen and oxygen atoms in total. The fourth-order valence-corrected chi connectivity index (χ4v) is 3.45. The van der Waals surface area contributed by atoms with E-state index in [1.807, 2.05) is 24.3 Å². The molecular formula is C22H21FN4O2. The number of para-hydroxylation sites is 1. The largest absolute Gasteiger partial charge is 0.339 e. The molecule has 0 saturated heterocycles. The zero-order valence-electron chi connectivity index (χ0n) is 16.0. The molecule has 2 amide bonds. The Balaban J connectivity index is 1.47. The second kappa shape index (κ2) is 7.87. The molecule has 0 spiro atoms. The Labute approximate surface area is 167 Å². The Morgan fingerprint density at radius 1 is 1.24 bits per heavy atom. The molecule has 0 bridgehead atoms. The Morgan fingerprint density at radius 2 is 2.00 bits per heavy atom. The van der Waals surface area contributed by atoms with E-state index in [9.17, 15) is 14.0 Å². The topological polar surface area (TPSA) is 76.0 Å². The number of nitrogens with zero attached hydrogens (tertiary/aromatic N) is 2. The first-order valence-electron chi connectivity index (χ1n) is 9.49. The number of benzene rings is 2. The lowest BCUT2D eigenvalue weighted by Gasteiger charge is -2.14. The molecule has 0 saturated carbocycles. The third-order valence-electron chi connectivity index (χ3n) is 5.09. The van der Waals surface area contributed by atoms with Crippen molar-refractivity contribution in [2.75, 3.05) is 5.32 Å². The first-order valence-corrected chi connectivity index (χ1v) is 9.49. The van der Waals surface area contributed by atoms with Gasteiger partial charge < -0.3 is 10.6 Å². The second-order valence-electron chi connectivity index (χ2n) is 7.13. The minimum atomic E-state index is -0.646. The molecular weight excluding hydrogens is 371 g/mol. The summed E-state index contributed by atoms with van der Waals surface area (Å²) < 4.78 is 15.5. The Kier molecular flexibility index (Phi) is 5.12. The minimum Gasteiger partial charge on any atom is -0.339 e. The highest BCUT2D eigenvalue weighted by atomic mass is 19.1. The van der Waals surface area contributed by atoms with Gasteiger partial charge in [0.15, 0.2) is 0 Å². The average molecular weight is 392 g/mol. The predicted octanol–water partition coefficient (Wildman–Crippen LogP) is 3.06. The first kappa shape index (κ1) is 18.9. The van der Waals surface area contributed by atoms with Crippen molar-refractivity contribution in [3.8, 4) is 0 Å². The summed E-state index contributed by atoms with van der Waals surface area (Å²) in [4.78, 5) is 25.2. The van der Waals surface area contributed by atoms with Crippen molar-refractivity contribution in [2.24, 2.45) is 0 Å². The maximum Gasteiger partial charge on any atom is 0.272 e. The summed E-state index contributed by atoms with van der Waals surface area (Å²) in [7, 11) is 0. The summed E-state index contributed by atoms with van der Waals surface area (Å²) in [6.07, 6.45) is 1.18. The van der Waals surface area contributed by atoms with Crippen LogP contribution in [0.2, 0.25) is 0 Å². The molecule has 7 heteroatoms. The normalized spacial score (nSPS) is 15.9. The zero-order valence-corrected chi connectivity index (χ0v) is 16.0. The lowest BCUT2D eigenvalue weighted by atomic mass is 10.1. The van der Waals surface area contributed by atoms with Gasteiger partial charge in [0.2, 0.25) is 5.91 Å². The standard InChI is InChI=1S/C22H21FN4O2/c1-14-12-20(26-27(14)13-16-7-2-4-8-17(16)23)22(29)25-19-11-10-15-6-3-5-9-18(15)24-21(19)28/h2-9,12,19H,10-11,13H2,1H3,(H,24,28)(H,25,29)/t19-/m0/s1. The quantitative estimate of drug-likeness (QED) is 0.717. The van der Waals surface area contributed by atoms with Gasteiger partial charge in [0.05, 0.1) is 6.54 Å². The van der Waals surface area contributed by atoms with E-state index in [1.165, 1.54) is 6.07 Å². The highest BCUT2D eigenvalue weighted by Gasteiger charge is 2.26. The van der Waals surface area contributed by atoms with E-state index in [4.69, 9.17) is 0 Å². The molecule has 0 unspecified atom stereocenters. The van der Waals surface area contributed by atoms with E-state index < -0.39 is 11.9 Å². The van der Waals surface area contributed by atoms with Gasteiger partial charge in [-0.05, 0) is 43.5 Å². The number of hydrogen-bond acceptors (Lipinski definition) is 3. The SMILES string of the molecule is Cc1cc(C(=O)N[C@H]2CCc3ccccc3NC2=O)nn1Cc1ccccc1F. The third kappa shape index (κ3) is 4.03. The zero-order chi connectivity index (χ0) is 20.4. The van der Waals surface area contributed by atoms with Crippen molar-refractivity contribution >= 4 is 17.5 Å². The van der Waals surface area contributed by atoms with Crippen LogP contribution in [0.4, 0.5) is 10.1 Å². The highest BCUT2D eigenvalue weighted by Crippen LogP contribution is 2.21. The Bertz CT molecular complexity index is 1080. The van der Waals surface area contributed by atoms with Crippen LogP contribution in [0.3, 0.4) is 0 Å². The van der Waals surface area contributed by atoms with Crippen molar-refractivity contribution in [3.05, 3.63) is 82.9 Å². The molecule has 29 heavy (non-hydrogen) atoms. The number of hydrogen-bond donors (Lipinski definition) is 2. The molecule has 3 aromatic rings. The van der Waals surface area contributed by atoms with Crippen molar-refractivity contribution < 1.29 is 14.0 Å². The summed E-state index contributed by atoms with van der Waals surface area (Å²) in [6.45, 7) is 2.03. The highest BCUT2D eigenvalue weighted by molar-refractivity contribution is 6.01. The molecule has 148 valence electrons. The monoisotopic (exact) mass is 392 g/mol. The van der Waals surface area contributed by atoms with Gasteiger partial charge in [-0.1, -0.05) is 36.4 Å². The fraction of sp³-hybridized carbons (Fsp3) is 0.227. The molecule has 2 aromatic carbocycles. The van der Waals surface area contributed by atoms with Crippen LogP contribution in [0.15, 0.2) is 54.6 Å². The van der Waals surface area contributed by atoms with Crippen LogP contribution in [0.1, 0.15) is 33.7 Å². The number of nitrogens with one attached hydrogen (secondary N) is 2. The van der Waals surface area contributed by atoms with Gasteiger partial charge in [-0.25, -0.2) is 4.39 Å². The van der Waals surface area contributed by atoms with Gasteiger partial charge in [0, 0.05) is 16.9 Å². The summed E-state index contributed by atoms with van der Waals surface area (Å²) in [5, 5.41) is 9.94. The Hall–Kier alpha value is -3.48. The van der Waals surface area contributed by atoms with Gasteiger partial charge in [0.25, 0.3) is 5.91 Å². The van der Waals surface area contributed by atoms with Crippen molar-refractivity contribution in [2.45, 2.75) is 32.4 Å². The number of fused-ring (bicyclic) bond motifs is 1. The number of rotatable bonds is 4. The number of aromatic nitrogens is 2. The summed E-state index contributed by atoms with van der Waals surface area (Å²) in [5.74, 6) is -0.986. The van der Waals surface area contributed by atoms with Gasteiger partial charge in [-0.15, -0.1) is 0 Å². The van der Waals surface area contributed by atoms with Crippen LogP contribution in [0.25, 0.3) is 0 Å². The summed E-state index contributed by atoms with van der Waals surface area (Å²) >= 11 is 0. The maximum atomic E-state index is 13.9. The number of amides is 2. The molecule has 2 N–H and O–H groups in total. The first-order chi connectivity index (χ1) is 14.0. The van der Waals surface area contributed by atoms with E-state index in [0.717, 1.165) is 16.9 Å². The molecule has 1 aromatic heterocycles. The molecule has 0 fully saturated rings. The van der Waals surface area contributed by atoms with Crippen molar-refractivity contribution in [1.82, 2.24) is 15.1 Å². The molecule has 0 aliphatic carbocycles. The van der Waals surface area contributed by atoms with Gasteiger partial charge in [-0.3, -0.25) is 14.3 Å². The smallest absolute Gasteiger partial charge is 0.272 e. The van der Waals surface area contributed by atoms with E-state index in [2.05, 4.69) is 15.7 Å². The molecule has 2 heterocycles. The van der Waals surface area contributed by atoms with Crippen LogP contribution in [0.5, 0.6) is 0 Å². The van der Waals surface area contributed by atoms with Crippen molar-refractivity contribution in [1.29, 1.82) is 0 Å². The van der Waals surface area contributed by atoms with Crippen LogP contribution in [0, 0.1) is 12.7 Å². The predicted molar refractivity (Wildman–Crippen MR) is 107 cm³/mol. The lowest BCUT2D eigenvalue weighted by Crippen LogP contribution is -2.43. The van der Waals surface area contributed by atoms with Gasteiger partial charge >= 0.3 is 0 Å². The second-order valence-corrected chi connectivity index (χ2v) is 7.13. The molecule has 1 aliphatic rings. The molecule has 0 radical (unpaired) electrons. The number of aryl methyl sites for hydroxylation is 2. The number of carbonyl (C=O) groups excluding carboxylic acids is 2. The van der Waals surface area contributed by atoms with Crippen LogP contribution in [-0.4, -0.2) is 27.6 Å². The Morgan fingerprint density at radius 3 is 2.83 bits per heavy atom. The van der Waals surface area contributed by atoms with Crippen LogP contribution < -0.4 is 10.6 Å². The van der Waals surface area contributed by atoms with E-state index in [0.29, 0.717) is 18.4 Å². The maximum absolute atomic E-state index is 13.9. The average Bonchev–Trinajstić information content (AvgIpc) is 3.00. The summed E-state index contributed by atoms with van der Waals surface area (Å²) in [5.41, 5.74) is 3.25. The fourth-order valence-electron chi connectivity index (χ4n) is 3.45. The lowest BCUT2D eigenvalue weighted by molar-refractivity contribution is -0.118. The molecule has 1 atom stereocenters. The minimum absolute atomic E-state index is 0.202. The van der Waals surface area contributed by atoms with Gasteiger partial charge in [-0.2, -0.15) is 5.10 Å². The van der Waals surface area contributed by atoms with E-state index in [1.54, 1.807) is 35.9 Å². The number of halogens is 1. The van der Waals surface area contributed by atoms with Crippen molar-refractivity contribution in [3.63, 3.8) is 0 Å². The van der Waals surface area contributed by atoms with Gasteiger partial charge in [0.1, 0.15) is 17.6 Å². The molecule has 4 rings (SSSR count). The number of anilines is 1. The van der Waals surface area contributed by atoms with E-state index in [-0.39, 0.29) is 24.0 Å². The van der Waals surface area contributed by atoms with E-state index >= 15 is 0 Å². The summed E-state index contributed by atoms with van der Waals surface area (Å²) in [6, 6.07) is 15.1. The van der Waals surface area contributed by atoms with Crippen LogP contribution >= 0.6 is 0 Å². The molecule has 1 aliphatic heterocycles. The van der Waals surface area contributed by atoms with Crippen LogP contribution in [-0.2, 0) is 17.8 Å². The third-order valence-corrected chi connectivity index (χ3v) is 5.09.